The summed E-state index contributed by atoms with van der Waals surface area (Å²) in [5, 5.41) is 6.89. The summed E-state index contributed by atoms with van der Waals surface area (Å²) in [4.78, 5) is 27.1. The Kier molecular flexibility index (Phi) is 3.36. The number of thiophene rings is 1. The Labute approximate surface area is 151 Å². The quantitative estimate of drug-likeness (QED) is 0.896. The van der Waals surface area contributed by atoms with E-state index in [-0.39, 0.29) is 23.0 Å². The van der Waals surface area contributed by atoms with Gasteiger partial charge in [-0.05, 0) is 37.1 Å². The molecule has 6 heteroatoms. The van der Waals surface area contributed by atoms with Crippen LogP contribution in [0.3, 0.4) is 0 Å². The number of rotatable bonds is 4. The molecule has 1 spiro atoms. The molecule has 134 valence electrons. The number of carbonyl (C=O) groups excluding carboxylic acids is 2. The van der Waals surface area contributed by atoms with Gasteiger partial charge < -0.3 is 15.0 Å². The molecule has 3 saturated heterocycles. The highest BCUT2D eigenvalue weighted by Gasteiger charge is 2.64. The van der Waals surface area contributed by atoms with Crippen molar-refractivity contribution in [2.24, 2.45) is 17.3 Å². The van der Waals surface area contributed by atoms with Crippen LogP contribution in [0.1, 0.15) is 43.0 Å². The highest BCUT2D eigenvalue weighted by Crippen LogP contribution is 2.56. The van der Waals surface area contributed by atoms with E-state index in [0.717, 1.165) is 44.3 Å². The number of hydrogen-bond donors (Lipinski definition) is 1. The minimum absolute atomic E-state index is 0.00510. The fourth-order valence-electron chi connectivity index (χ4n) is 5.11. The Morgan fingerprint density at radius 3 is 2.96 bits per heavy atom. The number of nitrogens with one attached hydrogen (secondary N) is 1. The molecule has 1 aromatic rings. The molecule has 2 bridgehead atoms. The molecule has 4 heterocycles. The predicted molar refractivity (Wildman–Crippen MR) is 94.4 cm³/mol. The molecule has 1 aromatic heterocycles. The molecule has 4 fully saturated rings. The van der Waals surface area contributed by atoms with Crippen molar-refractivity contribution in [2.75, 3.05) is 19.6 Å². The first-order valence-corrected chi connectivity index (χ1v) is 10.2. The van der Waals surface area contributed by atoms with Gasteiger partial charge in [0.05, 0.1) is 18.2 Å². The van der Waals surface area contributed by atoms with Crippen LogP contribution in [0.15, 0.2) is 16.8 Å². The minimum Gasteiger partial charge on any atom is -0.369 e. The third-order valence-corrected chi connectivity index (χ3v) is 7.55. The highest BCUT2D eigenvalue weighted by molar-refractivity contribution is 7.08. The smallest absolute Gasteiger partial charge is 0.252 e. The SMILES string of the molecule is CC1(C(=O)N2C[C@@H]3[C@H](CNC(=O)c4ccsc4)[C@H]4CC[C@]3(C2)O4)CC1. The van der Waals surface area contributed by atoms with E-state index in [1.54, 1.807) is 0 Å². The van der Waals surface area contributed by atoms with Crippen molar-refractivity contribution in [1.82, 2.24) is 10.2 Å². The van der Waals surface area contributed by atoms with E-state index in [2.05, 4.69) is 12.2 Å². The molecule has 0 radical (unpaired) electrons. The number of ether oxygens (including phenoxy) is 1. The molecule has 0 aromatic carbocycles. The van der Waals surface area contributed by atoms with Crippen LogP contribution in [0.2, 0.25) is 0 Å². The first-order valence-electron chi connectivity index (χ1n) is 9.28. The van der Waals surface area contributed by atoms with Crippen molar-refractivity contribution in [3.05, 3.63) is 22.4 Å². The molecule has 4 aliphatic rings. The molecule has 1 N–H and O–H groups in total. The summed E-state index contributed by atoms with van der Waals surface area (Å²) < 4.78 is 6.39. The van der Waals surface area contributed by atoms with Crippen molar-refractivity contribution < 1.29 is 14.3 Å². The Balaban J connectivity index is 1.28. The lowest BCUT2D eigenvalue weighted by atomic mass is 9.73. The van der Waals surface area contributed by atoms with Crippen LogP contribution in [-0.4, -0.2) is 48.1 Å². The van der Waals surface area contributed by atoms with Gasteiger partial charge in [-0.15, -0.1) is 0 Å². The molecular weight excluding hydrogens is 336 g/mol. The normalized spacial score (nSPS) is 37.2. The maximum absolute atomic E-state index is 12.8. The predicted octanol–water partition coefficient (Wildman–Crippen LogP) is 2.28. The summed E-state index contributed by atoms with van der Waals surface area (Å²) in [6.45, 7) is 4.27. The van der Waals surface area contributed by atoms with E-state index in [9.17, 15) is 9.59 Å². The molecular formula is C19H24N2O3S. The van der Waals surface area contributed by atoms with Gasteiger partial charge in [-0.1, -0.05) is 6.92 Å². The summed E-state index contributed by atoms with van der Waals surface area (Å²) in [6.07, 6.45) is 4.38. The van der Waals surface area contributed by atoms with Crippen LogP contribution < -0.4 is 5.32 Å². The number of nitrogens with zero attached hydrogens (tertiary/aromatic N) is 1. The van der Waals surface area contributed by atoms with Crippen LogP contribution >= 0.6 is 11.3 Å². The monoisotopic (exact) mass is 360 g/mol. The number of likely N-dealkylation sites (tertiary alicyclic amines) is 1. The largest absolute Gasteiger partial charge is 0.369 e. The van der Waals surface area contributed by atoms with Crippen molar-refractivity contribution in [3.8, 4) is 0 Å². The lowest BCUT2D eigenvalue weighted by molar-refractivity contribution is -0.136. The van der Waals surface area contributed by atoms with Crippen LogP contribution in [-0.2, 0) is 9.53 Å². The summed E-state index contributed by atoms with van der Waals surface area (Å²) in [5.41, 5.74) is 0.466. The fraction of sp³-hybridized carbons (Fsp3) is 0.684. The zero-order chi connectivity index (χ0) is 17.2. The molecule has 5 nitrogen and oxygen atoms in total. The van der Waals surface area contributed by atoms with Crippen LogP contribution in [0.5, 0.6) is 0 Å². The zero-order valence-electron chi connectivity index (χ0n) is 14.5. The molecule has 1 aliphatic carbocycles. The molecule has 4 atom stereocenters. The van der Waals surface area contributed by atoms with Gasteiger partial charge in [0, 0.05) is 41.3 Å². The summed E-state index contributed by atoms with van der Waals surface area (Å²) >= 11 is 1.53. The number of amides is 2. The Hall–Kier alpha value is -1.40. The number of hydrogen-bond acceptors (Lipinski definition) is 4. The van der Waals surface area contributed by atoms with E-state index in [0.29, 0.717) is 24.3 Å². The second-order valence-corrected chi connectivity index (χ2v) is 9.28. The van der Waals surface area contributed by atoms with Crippen LogP contribution in [0.4, 0.5) is 0 Å². The summed E-state index contributed by atoms with van der Waals surface area (Å²) in [5.74, 6) is 0.986. The Bertz CT molecular complexity index is 714. The van der Waals surface area contributed by atoms with Gasteiger partial charge in [0.1, 0.15) is 0 Å². The second kappa shape index (κ2) is 5.30. The zero-order valence-corrected chi connectivity index (χ0v) is 15.3. The first-order chi connectivity index (χ1) is 12.0. The van der Waals surface area contributed by atoms with E-state index in [4.69, 9.17) is 4.74 Å². The molecule has 2 amide bonds. The second-order valence-electron chi connectivity index (χ2n) is 8.50. The third kappa shape index (κ3) is 2.37. The van der Waals surface area contributed by atoms with Gasteiger partial charge in [-0.3, -0.25) is 9.59 Å². The molecule has 0 unspecified atom stereocenters. The van der Waals surface area contributed by atoms with Gasteiger partial charge in [0.2, 0.25) is 5.91 Å². The fourth-order valence-corrected chi connectivity index (χ4v) is 5.74. The standard InChI is InChI=1S/C19H24N2O3S/c1-18(5-6-18)17(23)21-9-14-13(15-2-4-19(14,11-21)24-15)8-20-16(22)12-3-7-25-10-12/h3,7,10,13-15H,2,4-6,8-9,11H2,1H3,(H,20,22)/t13-,14+,15+,19+/m0/s1. The van der Waals surface area contributed by atoms with Crippen LogP contribution in [0, 0.1) is 17.3 Å². The summed E-state index contributed by atoms with van der Waals surface area (Å²) in [7, 11) is 0. The third-order valence-electron chi connectivity index (χ3n) is 6.87. The minimum atomic E-state index is -0.149. The lowest BCUT2D eigenvalue weighted by Gasteiger charge is -2.29. The molecule has 25 heavy (non-hydrogen) atoms. The van der Waals surface area contributed by atoms with Gasteiger partial charge in [-0.2, -0.15) is 11.3 Å². The van der Waals surface area contributed by atoms with Gasteiger partial charge in [0.25, 0.3) is 5.91 Å². The van der Waals surface area contributed by atoms with E-state index < -0.39 is 0 Å². The van der Waals surface area contributed by atoms with E-state index in [1.807, 2.05) is 21.7 Å². The lowest BCUT2D eigenvalue weighted by Crippen LogP contribution is -2.41. The number of fused-ring (bicyclic) bond motifs is 1. The van der Waals surface area contributed by atoms with E-state index in [1.165, 1.54) is 11.3 Å². The molecule has 3 aliphatic heterocycles. The van der Waals surface area contributed by atoms with E-state index >= 15 is 0 Å². The summed E-state index contributed by atoms with van der Waals surface area (Å²) in [6, 6.07) is 1.85. The van der Waals surface area contributed by atoms with Crippen molar-refractivity contribution in [2.45, 2.75) is 44.3 Å². The highest BCUT2D eigenvalue weighted by atomic mass is 32.1. The maximum atomic E-state index is 12.8. The average molecular weight is 360 g/mol. The van der Waals surface area contributed by atoms with Crippen molar-refractivity contribution in [3.63, 3.8) is 0 Å². The van der Waals surface area contributed by atoms with Crippen molar-refractivity contribution in [1.29, 1.82) is 0 Å². The van der Waals surface area contributed by atoms with Crippen molar-refractivity contribution >= 4 is 23.2 Å². The molecule has 1 saturated carbocycles. The topological polar surface area (TPSA) is 58.6 Å². The number of carbonyl (C=O) groups is 2. The first kappa shape index (κ1) is 15.8. The van der Waals surface area contributed by atoms with Crippen LogP contribution in [0.25, 0.3) is 0 Å². The molecule has 5 rings (SSSR count). The average Bonchev–Trinajstić information content (AvgIpc) is 3.07. The Morgan fingerprint density at radius 1 is 1.40 bits per heavy atom. The van der Waals surface area contributed by atoms with Gasteiger partial charge >= 0.3 is 0 Å². The van der Waals surface area contributed by atoms with Gasteiger partial charge in [0.15, 0.2) is 0 Å². The van der Waals surface area contributed by atoms with Gasteiger partial charge in [-0.25, -0.2) is 0 Å². The Morgan fingerprint density at radius 2 is 2.24 bits per heavy atom. The maximum Gasteiger partial charge on any atom is 0.252 e.